The van der Waals surface area contributed by atoms with Gasteiger partial charge >= 0.3 is 0 Å². The van der Waals surface area contributed by atoms with E-state index in [1.807, 2.05) is 0 Å². The maximum atomic E-state index is 9.92. The molecule has 0 aromatic carbocycles. The molecule has 10 nitrogen and oxygen atoms in total. The molecule has 2 rings (SSSR count). The average molecular weight is 340 g/mol. The number of rotatable bonds is 4. The molecule has 7 N–H and O–H groups in total. The van der Waals surface area contributed by atoms with Crippen molar-refractivity contribution in [3.8, 4) is 0 Å². The van der Waals surface area contributed by atoms with Gasteiger partial charge in [-0.15, -0.1) is 0 Å². The van der Waals surface area contributed by atoms with Gasteiger partial charge in [-0.25, -0.2) is 0 Å². The molecule has 2 fully saturated rings. The van der Waals surface area contributed by atoms with Crippen molar-refractivity contribution in [1.29, 1.82) is 0 Å². The van der Waals surface area contributed by atoms with E-state index in [4.69, 9.17) is 19.3 Å². The van der Waals surface area contributed by atoms with Crippen LogP contribution in [0.4, 0.5) is 0 Å². The molecule has 2 aliphatic heterocycles. The van der Waals surface area contributed by atoms with E-state index in [0.29, 0.717) is 6.42 Å². The molecular formula is C13H24O10. The molecular weight excluding hydrogens is 316 g/mol. The molecule has 136 valence electrons. The molecule has 4 unspecified atom stereocenters. The standard InChI is InChI=1S/C13H24O10/c1-2-4-6(15)8(17)10(19)12(21-4)23-13-11(20)9(18)7(16)5(3-14)22-13/h4-20H,2-3H2,1H3/t4?,5-,6-,7-,8?,9?,10+,11?,12-,13-/m1/s1. The quantitative estimate of drug-likeness (QED) is 0.268. The van der Waals surface area contributed by atoms with Gasteiger partial charge in [0, 0.05) is 0 Å². The average Bonchev–Trinajstić information content (AvgIpc) is 2.55. The molecule has 0 aromatic rings. The SMILES string of the molecule is CCC1O[C@H](O[C@H]2O[C@H](CO)[C@@H](O)C(O)C2O)[C@@H](O)C(O)[C@@H]1O. The minimum absolute atomic E-state index is 0.333. The van der Waals surface area contributed by atoms with Crippen LogP contribution in [0.3, 0.4) is 0 Å². The Morgan fingerprint density at radius 1 is 0.696 bits per heavy atom. The highest BCUT2D eigenvalue weighted by molar-refractivity contribution is 4.92. The Morgan fingerprint density at radius 3 is 1.57 bits per heavy atom. The van der Waals surface area contributed by atoms with Gasteiger partial charge in [0.15, 0.2) is 12.6 Å². The predicted octanol–water partition coefficient (Wildman–Crippen LogP) is -3.98. The monoisotopic (exact) mass is 340 g/mol. The summed E-state index contributed by atoms with van der Waals surface area (Å²) in [6.45, 7) is 1.07. The van der Waals surface area contributed by atoms with E-state index in [2.05, 4.69) is 0 Å². The van der Waals surface area contributed by atoms with Crippen LogP contribution in [0, 0.1) is 0 Å². The molecule has 2 heterocycles. The fraction of sp³-hybridized carbons (Fsp3) is 1.00. The van der Waals surface area contributed by atoms with Crippen molar-refractivity contribution in [1.82, 2.24) is 0 Å². The lowest BCUT2D eigenvalue weighted by Crippen LogP contribution is -2.63. The van der Waals surface area contributed by atoms with Crippen LogP contribution in [0.2, 0.25) is 0 Å². The molecule has 0 radical (unpaired) electrons. The van der Waals surface area contributed by atoms with Gasteiger partial charge in [-0.3, -0.25) is 0 Å². The van der Waals surface area contributed by atoms with Crippen LogP contribution in [-0.2, 0) is 14.2 Å². The summed E-state index contributed by atoms with van der Waals surface area (Å²) in [5.41, 5.74) is 0. The van der Waals surface area contributed by atoms with E-state index in [9.17, 15) is 30.6 Å². The van der Waals surface area contributed by atoms with Gasteiger partial charge in [0.05, 0.1) is 12.7 Å². The molecule has 2 saturated heterocycles. The molecule has 0 saturated carbocycles. The molecule has 10 atom stereocenters. The lowest BCUT2D eigenvalue weighted by molar-refractivity contribution is -0.375. The normalized spacial score (nSPS) is 51.7. The van der Waals surface area contributed by atoms with Crippen molar-refractivity contribution < 1.29 is 50.0 Å². The molecule has 23 heavy (non-hydrogen) atoms. The van der Waals surface area contributed by atoms with Crippen LogP contribution < -0.4 is 0 Å². The lowest BCUT2D eigenvalue weighted by Gasteiger charge is -2.44. The summed E-state index contributed by atoms with van der Waals surface area (Å²) in [6, 6.07) is 0. The van der Waals surface area contributed by atoms with E-state index < -0.39 is 68.0 Å². The van der Waals surface area contributed by atoms with Crippen LogP contribution in [0.5, 0.6) is 0 Å². The maximum Gasteiger partial charge on any atom is 0.189 e. The highest BCUT2D eigenvalue weighted by Gasteiger charge is 2.49. The van der Waals surface area contributed by atoms with E-state index in [0.717, 1.165) is 0 Å². The summed E-state index contributed by atoms with van der Waals surface area (Å²) in [6.07, 6.45) is -13.8. The van der Waals surface area contributed by atoms with Crippen molar-refractivity contribution in [2.75, 3.05) is 6.61 Å². The summed E-state index contributed by atoms with van der Waals surface area (Å²) in [5.74, 6) is 0. The first-order valence-corrected chi connectivity index (χ1v) is 7.47. The van der Waals surface area contributed by atoms with Crippen LogP contribution in [0.1, 0.15) is 13.3 Å². The molecule has 2 aliphatic rings. The second-order valence-corrected chi connectivity index (χ2v) is 5.76. The minimum atomic E-state index is -1.66. The van der Waals surface area contributed by atoms with Gasteiger partial charge in [0.2, 0.25) is 0 Å². The van der Waals surface area contributed by atoms with Gasteiger partial charge in [0.1, 0.15) is 42.7 Å². The zero-order chi connectivity index (χ0) is 17.3. The van der Waals surface area contributed by atoms with Crippen molar-refractivity contribution in [2.45, 2.75) is 74.8 Å². The summed E-state index contributed by atoms with van der Waals surface area (Å²) in [4.78, 5) is 0. The van der Waals surface area contributed by atoms with E-state index in [-0.39, 0.29) is 0 Å². The summed E-state index contributed by atoms with van der Waals surface area (Å²) < 4.78 is 15.7. The van der Waals surface area contributed by atoms with Crippen molar-refractivity contribution in [2.24, 2.45) is 0 Å². The van der Waals surface area contributed by atoms with Crippen molar-refractivity contribution in [3.63, 3.8) is 0 Å². The molecule has 0 spiro atoms. The highest BCUT2D eigenvalue weighted by atomic mass is 16.8. The summed E-state index contributed by atoms with van der Waals surface area (Å²) in [5, 5.41) is 67.9. The fourth-order valence-electron chi connectivity index (χ4n) is 2.68. The van der Waals surface area contributed by atoms with Crippen LogP contribution in [0.15, 0.2) is 0 Å². The molecule has 0 aliphatic carbocycles. The Bertz CT molecular complexity index is 344. The Morgan fingerprint density at radius 2 is 1.13 bits per heavy atom. The third kappa shape index (κ3) is 3.66. The minimum Gasteiger partial charge on any atom is -0.394 e. The first-order chi connectivity index (χ1) is 10.8. The molecule has 10 heteroatoms. The highest BCUT2D eigenvalue weighted by Crippen LogP contribution is 2.28. The van der Waals surface area contributed by atoms with Gasteiger partial charge in [-0.05, 0) is 6.42 Å². The van der Waals surface area contributed by atoms with Crippen molar-refractivity contribution >= 4 is 0 Å². The summed E-state index contributed by atoms with van der Waals surface area (Å²) in [7, 11) is 0. The smallest absolute Gasteiger partial charge is 0.189 e. The Kier molecular flexibility index (Phi) is 6.30. The fourth-order valence-corrected chi connectivity index (χ4v) is 2.68. The third-order valence-electron chi connectivity index (χ3n) is 4.19. The van der Waals surface area contributed by atoms with Crippen LogP contribution in [0.25, 0.3) is 0 Å². The zero-order valence-corrected chi connectivity index (χ0v) is 12.5. The van der Waals surface area contributed by atoms with Gasteiger partial charge in [-0.1, -0.05) is 6.92 Å². The third-order valence-corrected chi connectivity index (χ3v) is 4.19. The van der Waals surface area contributed by atoms with Gasteiger partial charge in [0.25, 0.3) is 0 Å². The first kappa shape index (κ1) is 18.9. The first-order valence-electron chi connectivity index (χ1n) is 7.47. The van der Waals surface area contributed by atoms with Crippen LogP contribution in [-0.4, -0.2) is 104 Å². The maximum absolute atomic E-state index is 9.92. The molecule has 0 amide bonds. The van der Waals surface area contributed by atoms with Gasteiger partial charge < -0.3 is 50.0 Å². The number of aliphatic hydroxyl groups excluding tert-OH is 7. The lowest BCUT2D eigenvalue weighted by atomic mass is 9.97. The Labute approximate surface area is 132 Å². The Hall–Kier alpha value is -0.400. The molecule has 0 bridgehead atoms. The van der Waals surface area contributed by atoms with Crippen LogP contribution >= 0.6 is 0 Å². The van der Waals surface area contributed by atoms with E-state index in [1.54, 1.807) is 6.92 Å². The topological polar surface area (TPSA) is 169 Å². The summed E-state index contributed by atoms with van der Waals surface area (Å²) >= 11 is 0. The number of aliphatic hydroxyl groups is 7. The zero-order valence-electron chi connectivity index (χ0n) is 12.5. The van der Waals surface area contributed by atoms with Crippen molar-refractivity contribution in [3.05, 3.63) is 0 Å². The van der Waals surface area contributed by atoms with E-state index in [1.165, 1.54) is 0 Å². The molecule has 0 aromatic heterocycles. The number of hydrogen-bond acceptors (Lipinski definition) is 10. The van der Waals surface area contributed by atoms with E-state index >= 15 is 0 Å². The van der Waals surface area contributed by atoms with Gasteiger partial charge in [-0.2, -0.15) is 0 Å². The predicted molar refractivity (Wildman–Crippen MR) is 71.8 cm³/mol. The Balaban J connectivity index is 2.07. The number of hydrogen-bond donors (Lipinski definition) is 7. The second kappa shape index (κ2) is 7.66. The second-order valence-electron chi connectivity index (χ2n) is 5.76. The largest absolute Gasteiger partial charge is 0.394 e. The number of ether oxygens (including phenoxy) is 3.